The molecular weight excluding hydrogens is 438 g/mol. The predicted molar refractivity (Wildman–Crippen MR) is 122 cm³/mol. The van der Waals surface area contributed by atoms with Gasteiger partial charge in [0.05, 0.1) is 39.1 Å². The van der Waals surface area contributed by atoms with Crippen LogP contribution < -0.4 is 14.2 Å². The van der Waals surface area contributed by atoms with Crippen LogP contribution in [0, 0.1) is 0 Å². The van der Waals surface area contributed by atoms with Crippen molar-refractivity contribution in [3.05, 3.63) is 59.3 Å². The number of carbonyl (C=O) groups excluding carboxylic acids is 2. The minimum Gasteiger partial charge on any atom is -0.493 e. The summed E-state index contributed by atoms with van der Waals surface area (Å²) in [5, 5.41) is 7.19. The third kappa shape index (κ3) is 3.44. The molecule has 5 rings (SSSR count). The number of hydrogen-bond acceptors (Lipinski definition) is 7. The predicted octanol–water partition coefficient (Wildman–Crippen LogP) is 3.40. The fraction of sp³-hybridized carbons (Fsp3) is 0.320. The lowest BCUT2D eigenvalue weighted by molar-refractivity contribution is -0.0443. The maximum absolute atomic E-state index is 13.4. The van der Waals surface area contributed by atoms with Crippen molar-refractivity contribution in [3.8, 4) is 28.5 Å². The van der Waals surface area contributed by atoms with Crippen molar-refractivity contribution in [2.24, 2.45) is 0 Å². The Labute approximate surface area is 196 Å². The second kappa shape index (κ2) is 8.40. The quantitative estimate of drug-likeness (QED) is 0.579. The minimum atomic E-state index is -0.804. The Hall–Kier alpha value is -4.01. The molecular formula is C25H25N3O6. The van der Waals surface area contributed by atoms with E-state index in [1.807, 2.05) is 18.2 Å². The van der Waals surface area contributed by atoms with Crippen LogP contribution >= 0.6 is 0 Å². The molecule has 34 heavy (non-hydrogen) atoms. The molecule has 1 amide bonds. The van der Waals surface area contributed by atoms with E-state index in [9.17, 15) is 9.59 Å². The molecule has 1 aromatic heterocycles. The third-order valence-corrected chi connectivity index (χ3v) is 6.44. The first-order valence-electron chi connectivity index (χ1n) is 11.0. The second-order valence-electron chi connectivity index (χ2n) is 8.34. The summed E-state index contributed by atoms with van der Waals surface area (Å²) >= 11 is 0. The standard InChI is InChI=1S/C25H25N3O6/c1-31-20-11-15(12-21(32-2)22(20)33-3)18-13-19(27-26-18)23(29)28-10-6-9-25(14-28)17-8-5-4-7-16(17)24(30)34-25/h4-5,7-8,11-13H,6,9-10,14H2,1-3H3,(H,26,27). The number of carbonyl (C=O) groups is 2. The van der Waals surface area contributed by atoms with E-state index in [0.717, 1.165) is 12.0 Å². The van der Waals surface area contributed by atoms with Crippen LogP contribution in [0.2, 0.25) is 0 Å². The van der Waals surface area contributed by atoms with Gasteiger partial charge in [0.25, 0.3) is 5.91 Å². The first-order chi connectivity index (χ1) is 16.5. The summed E-state index contributed by atoms with van der Waals surface area (Å²) in [6.45, 7) is 0.867. The van der Waals surface area contributed by atoms with Crippen molar-refractivity contribution in [1.29, 1.82) is 0 Å². The first-order valence-corrected chi connectivity index (χ1v) is 11.0. The molecule has 0 radical (unpaired) electrons. The number of hydrogen-bond donors (Lipinski definition) is 1. The normalized spacial score (nSPS) is 19.0. The van der Waals surface area contributed by atoms with E-state index >= 15 is 0 Å². The monoisotopic (exact) mass is 463 g/mol. The molecule has 2 aliphatic rings. The molecule has 1 atom stereocenters. The number of esters is 1. The third-order valence-electron chi connectivity index (χ3n) is 6.44. The number of nitrogens with one attached hydrogen (secondary N) is 1. The summed E-state index contributed by atoms with van der Waals surface area (Å²) in [6.07, 6.45) is 1.40. The molecule has 0 bridgehead atoms. The number of aromatic amines is 1. The zero-order chi connectivity index (χ0) is 23.9. The number of rotatable bonds is 5. The topological polar surface area (TPSA) is 103 Å². The van der Waals surface area contributed by atoms with E-state index < -0.39 is 5.60 Å². The van der Waals surface area contributed by atoms with Crippen molar-refractivity contribution >= 4 is 11.9 Å². The fourth-order valence-electron chi connectivity index (χ4n) is 4.82. The van der Waals surface area contributed by atoms with Crippen molar-refractivity contribution in [2.75, 3.05) is 34.4 Å². The molecule has 0 aliphatic carbocycles. The summed E-state index contributed by atoms with van der Waals surface area (Å²) < 4.78 is 22.0. The zero-order valence-corrected chi connectivity index (χ0v) is 19.2. The average molecular weight is 463 g/mol. The highest BCUT2D eigenvalue weighted by molar-refractivity contribution is 5.96. The molecule has 9 heteroatoms. The Morgan fingerprint density at radius 2 is 1.82 bits per heavy atom. The number of piperidine rings is 1. The van der Waals surface area contributed by atoms with Gasteiger partial charge in [0.2, 0.25) is 5.75 Å². The van der Waals surface area contributed by atoms with Gasteiger partial charge in [-0.3, -0.25) is 9.89 Å². The van der Waals surface area contributed by atoms with Gasteiger partial charge in [0.15, 0.2) is 17.1 Å². The molecule has 1 saturated heterocycles. The van der Waals surface area contributed by atoms with E-state index in [2.05, 4.69) is 10.2 Å². The lowest BCUT2D eigenvalue weighted by Crippen LogP contribution is -2.48. The number of likely N-dealkylation sites (tertiary alicyclic amines) is 1. The van der Waals surface area contributed by atoms with Gasteiger partial charge in [0.1, 0.15) is 5.69 Å². The molecule has 1 fully saturated rings. The van der Waals surface area contributed by atoms with E-state index in [1.165, 1.54) is 7.11 Å². The molecule has 2 aromatic carbocycles. The number of aromatic nitrogens is 2. The van der Waals surface area contributed by atoms with Crippen LogP contribution in [0.5, 0.6) is 17.2 Å². The largest absolute Gasteiger partial charge is 0.493 e. The number of benzene rings is 2. The van der Waals surface area contributed by atoms with Crippen LogP contribution in [0.15, 0.2) is 42.5 Å². The highest BCUT2D eigenvalue weighted by Gasteiger charge is 2.48. The number of fused-ring (bicyclic) bond motifs is 2. The van der Waals surface area contributed by atoms with Crippen LogP contribution in [0.25, 0.3) is 11.3 Å². The smallest absolute Gasteiger partial charge is 0.339 e. The Bertz CT molecular complexity index is 1240. The molecule has 1 spiro atoms. The molecule has 1 N–H and O–H groups in total. The summed E-state index contributed by atoms with van der Waals surface area (Å²) in [7, 11) is 4.62. The van der Waals surface area contributed by atoms with Gasteiger partial charge < -0.3 is 23.8 Å². The Balaban J connectivity index is 1.41. The number of nitrogens with zero attached hydrogens (tertiary/aromatic N) is 2. The molecule has 3 aromatic rings. The molecule has 176 valence electrons. The first kappa shape index (κ1) is 21.8. The van der Waals surface area contributed by atoms with E-state index in [-0.39, 0.29) is 11.9 Å². The van der Waals surface area contributed by atoms with Gasteiger partial charge in [-0.1, -0.05) is 18.2 Å². The van der Waals surface area contributed by atoms with Crippen molar-refractivity contribution in [1.82, 2.24) is 15.1 Å². The number of methoxy groups -OCH3 is 3. The molecule has 1 unspecified atom stereocenters. The van der Waals surface area contributed by atoms with Gasteiger partial charge in [-0.2, -0.15) is 5.10 Å². The number of ether oxygens (including phenoxy) is 4. The highest BCUT2D eigenvalue weighted by atomic mass is 16.6. The number of amides is 1. The van der Waals surface area contributed by atoms with Crippen molar-refractivity contribution in [3.63, 3.8) is 0 Å². The lowest BCUT2D eigenvalue weighted by atomic mass is 9.85. The van der Waals surface area contributed by atoms with Crippen LogP contribution in [0.1, 0.15) is 39.3 Å². The Kier molecular flexibility index (Phi) is 5.39. The fourth-order valence-corrected chi connectivity index (χ4v) is 4.82. The SMILES string of the molecule is COc1cc(-c2cc(C(=O)N3CCCC4(C3)OC(=O)c3ccccc34)[nH]n2)cc(OC)c1OC. The molecule has 2 aliphatic heterocycles. The van der Waals surface area contributed by atoms with E-state index in [1.54, 1.807) is 43.4 Å². The minimum absolute atomic E-state index is 0.203. The maximum Gasteiger partial charge on any atom is 0.339 e. The van der Waals surface area contributed by atoms with E-state index in [4.69, 9.17) is 18.9 Å². The summed E-state index contributed by atoms with van der Waals surface area (Å²) in [6, 6.07) is 12.6. The van der Waals surface area contributed by atoms with Crippen LogP contribution in [-0.4, -0.2) is 61.4 Å². The van der Waals surface area contributed by atoms with Crippen LogP contribution in [0.4, 0.5) is 0 Å². The van der Waals surface area contributed by atoms with E-state index in [0.29, 0.717) is 59.3 Å². The summed E-state index contributed by atoms with van der Waals surface area (Å²) in [5.41, 5.74) is 2.23. The summed E-state index contributed by atoms with van der Waals surface area (Å²) in [4.78, 5) is 27.5. The Morgan fingerprint density at radius 3 is 2.53 bits per heavy atom. The van der Waals surface area contributed by atoms with Gasteiger partial charge in [-0.25, -0.2) is 4.79 Å². The Morgan fingerprint density at radius 1 is 1.09 bits per heavy atom. The molecule has 9 nitrogen and oxygen atoms in total. The average Bonchev–Trinajstić information content (AvgIpc) is 3.46. The van der Waals surface area contributed by atoms with Crippen molar-refractivity contribution in [2.45, 2.75) is 18.4 Å². The van der Waals surface area contributed by atoms with Gasteiger partial charge in [-0.15, -0.1) is 0 Å². The van der Waals surface area contributed by atoms with Crippen molar-refractivity contribution < 1.29 is 28.5 Å². The summed E-state index contributed by atoms with van der Waals surface area (Å²) in [5.74, 6) is 0.923. The van der Waals surface area contributed by atoms with Crippen LogP contribution in [-0.2, 0) is 10.3 Å². The second-order valence-corrected chi connectivity index (χ2v) is 8.34. The van der Waals surface area contributed by atoms with Crippen LogP contribution in [0.3, 0.4) is 0 Å². The van der Waals surface area contributed by atoms with Gasteiger partial charge in [-0.05, 0) is 37.1 Å². The molecule has 3 heterocycles. The maximum atomic E-state index is 13.4. The number of H-pyrrole nitrogens is 1. The lowest BCUT2D eigenvalue weighted by Gasteiger charge is -2.39. The molecule has 0 saturated carbocycles. The zero-order valence-electron chi connectivity index (χ0n) is 19.2. The highest BCUT2D eigenvalue weighted by Crippen LogP contribution is 2.43. The van der Waals surface area contributed by atoms with Gasteiger partial charge in [0, 0.05) is 17.7 Å². The van der Waals surface area contributed by atoms with Gasteiger partial charge >= 0.3 is 5.97 Å².